The van der Waals surface area contributed by atoms with Gasteiger partial charge in [-0.05, 0) is 63.1 Å². The number of pyridine rings is 1. The molecule has 2 fully saturated rings. The number of carbonyl (C=O) groups is 1. The first-order valence-corrected chi connectivity index (χ1v) is 10.5. The molecule has 0 unspecified atom stereocenters. The van der Waals surface area contributed by atoms with E-state index in [0.29, 0.717) is 18.4 Å². The summed E-state index contributed by atoms with van der Waals surface area (Å²) in [6.07, 6.45) is 11.0. The van der Waals surface area contributed by atoms with Crippen LogP contribution in [-0.2, 0) is 4.79 Å². The first-order valence-electron chi connectivity index (χ1n) is 10.5. The van der Waals surface area contributed by atoms with Crippen LogP contribution in [0.25, 0.3) is 0 Å². The van der Waals surface area contributed by atoms with Gasteiger partial charge in [0.2, 0.25) is 0 Å². The van der Waals surface area contributed by atoms with E-state index in [4.69, 9.17) is 5.11 Å². The van der Waals surface area contributed by atoms with Gasteiger partial charge in [0.05, 0.1) is 0 Å². The van der Waals surface area contributed by atoms with Gasteiger partial charge in [-0.1, -0.05) is 0 Å². The van der Waals surface area contributed by atoms with Crippen LogP contribution in [0.3, 0.4) is 0 Å². The molecule has 1 aromatic rings. The van der Waals surface area contributed by atoms with E-state index >= 15 is 0 Å². The lowest BCUT2D eigenvalue weighted by Gasteiger charge is -2.42. The number of hydrogen-bond acceptors (Lipinski definition) is 5. The summed E-state index contributed by atoms with van der Waals surface area (Å²) in [5.41, 5.74) is 1.15. The van der Waals surface area contributed by atoms with E-state index in [0.717, 1.165) is 25.1 Å². The standard InChI is InChI=1S/C21H34N4O2/c26-21(27)17-18-3-5-20(6-4-18)25-15-13-24(14-16-25)12-2-1-9-23-19-7-10-22-11-8-19/h7-8,10-11,18,20H,1-6,9,12-17H2,(H,22,23)(H,26,27). The van der Waals surface area contributed by atoms with Crippen molar-refractivity contribution in [2.75, 3.05) is 44.6 Å². The van der Waals surface area contributed by atoms with Crippen molar-refractivity contribution in [3.63, 3.8) is 0 Å². The highest BCUT2D eigenvalue weighted by molar-refractivity contribution is 5.67. The lowest BCUT2D eigenvalue weighted by molar-refractivity contribution is -0.138. The number of unbranched alkanes of at least 4 members (excludes halogenated alkanes) is 1. The van der Waals surface area contributed by atoms with Crippen LogP contribution in [-0.4, -0.2) is 71.2 Å². The van der Waals surface area contributed by atoms with Crippen LogP contribution < -0.4 is 5.32 Å². The average molecular weight is 375 g/mol. The molecule has 3 rings (SSSR count). The molecule has 1 aliphatic heterocycles. The minimum absolute atomic E-state index is 0.358. The highest BCUT2D eigenvalue weighted by atomic mass is 16.4. The minimum Gasteiger partial charge on any atom is -0.481 e. The molecule has 2 N–H and O–H groups in total. The second kappa shape index (κ2) is 10.6. The number of carboxylic acid groups (broad SMARTS) is 1. The van der Waals surface area contributed by atoms with Crippen LogP contribution in [0.1, 0.15) is 44.9 Å². The van der Waals surface area contributed by atoms with E-state index in [1.54, 1.807) is 0 Å². The van der Waals surface area contributed by atoms with Crippen molar-refractivity contribution in [1.29, 1.82) is 0 Å². The predicted molar refractivity (Wildman–Crippen MR) is 108 cm³/mol. The van der Waals surface area contributed by atoms with Gasteiger partial charge in [0.25, 0.3) is 0 Å². The van der Waals surface area contributed by atoms with E-state index in [1.807, 2.05) is 24.5 Å². The average Bonchev–Trinajstić information content (AvgIpc) is 2.69. The number of aliphatic carboxylic acids is 1. The summed E-state index contributed by atoms with van der Waals surface area (Å²) in [4.78, 5) is 20.1. The van der Waals surface area contributed by atoms with Gasteiger partial charge in [0.15, 0.2) is 0 Å². The second-order valence-corrected chi connectivity index (χ2v) is 8.02. The topological polar surface area (TPSA) is 68.7 Å². The minimum atomic E-state index is -0.636. The van der Waals surface area contributed by atoms with E-state index in [9.17, 15) is 4.79 Å². The first kappa shape index (κ1) is 20.1. The number of nitrogens with zero attached hydrogens (tertiary/aromatic N) is 3. The normalized spacial score (nSPS) is 24.6. The van der Waals surface area contributed by atoms with Crippen LogP contribution in [0.4, 0.5) is 5.69 Å². The fourth-order valence-electron chi connectivity index (χ4n) is 4.48. The third-order valence-corrected chi connectivity index (χ3v) is 6.11. The molecule has 0 atom stereocenters. The van der Waals surface area contributed by atoms with Crippen molar-refractivity contribution in [2.45, 2.75) is 51.0 Å². The molecule has 1 saturated carbocycles. The number of hydrogen-bond donors (Lipinski definition) is 2. The maximum Gasteiger partial charge on any atom is 0.303 e. The molecule has 150 valence electrons. The van der Waals surface area contributed by atoms with Crippen molar-refractivity contribution in [2.24, 2.45) is 5.92 Å². The molecule has 0 bridgehead atoms. The third kappa shape index (κ3) is 6.78. The molecule has 2 heterocycles. The summed E-state index contributed by atoms with van der Waals surface area (Å²) in [6.45, 7) is 6.90. The zero-order valence-corrected chi connectivity index (χ0v) is 16.4. The summed E-state index contributed by atoms with van der Waals surface area (Å²) in [6, 6.07) is 4.70. The summed E-state index contributed by atoms with van der Waals surface area (Å²) >= 11 is 0. The highest BCUT2D eigenvalue weighted by Crippen LogP contribution is 2.30. The third-order valence-electron chi connectivity index (χ3n) is 6.11. The van der Waals surface area contributed by atoms with Crippen LogP contribution in [0.2, 0.25) is 0 Å². The van der Waals surface area contributed by atoms with Gasteiger partial charge < -0.3 is 15.3 Å². The Balaban J connectivity index is 1.24. The number of rotatable bonds is 9. The van der Waals surface area contributed by atoms with Crippen LogP contribution >= 0.6 is 0 Å². The van der Waals surface area contributed by atoms with Crippen molar-refractivity contribution in [3.05, 3.63) is 24.5 Å². The molecular formula is C21H34N4O2. The lowest BCUT2D eigenvalue weighted by atomic mass is 9.83. The lowest BCUT2D eigenvalue weighted by Crippen LogP contribution is -2.51. The van der Waals surface area contributed by atoms with Crippen molar-refractivity contribution >= 4 is 11.7 Å². The maximum absolute atomic E-state index is 10.9. The van der Waals surface area contributed by atoms with Gasteiger partial charge in [0, 0.05) is 63.3 Å². The van der Waals surface area contributed by atoms with Gasteiger partial charge >= 0.3 is 5.97 Å². The fourth-order valence-corrected chi connectivity index (χ4v) is 4.48. The number of aromatic nitrogens is 1. The summed E-state index contributed by atoms with van der Waals surface area (Å²) < 4.78 is 0. The highest BCUT2D eigenvalue weighted by Gasteiger charge is 2.28. The number of carboxylic acids is 1. The Labute approximate surface area is 163 Å². The first-order chi connectivity index (χ1) is 13.2. The Hall–Kier alpha value is -1.66. The van der Waals surface area contributed by atoms with E-state index in [-0.39, 0.29) is 0 Å². The van der Waals surface area contributed by atoms with Crippen molar-refractivity contribution < 1.29 is 9.90 Å². The molecule has 0 radical (unpaired) electrons. The number of anilines is 1. The summed E-state index contributed by atoms with van der Waals surface area (Å²) in [5.74, 6) is -0.233. The van der Waals surface area contributed by atoms with Gasteiger partial charge in [-0.2, -0.15) is 0 Å². The Morgan fingerprint density at radius 1 is 1.07 bits per heavy atom. The van der Waals surface area contributed by atoms with Gasteiger partial charge in [0.1, 0.15) is 0 Å². The van der Waals surface area contributed by atoms with Crippen LogP contribution in [0.15, 0.2) is 24.5 Å². The zero-order chi connectivity index (χ0) is 18.9. The Bertz CT molecular complexity index is 553. The predicted octanol–water partition coefficient (Wildman–Crippen LogP) is 2.92. The molecule has 0 aromatic carbocycles. The Kier molecular flexibility index (Phi) is 7.90. The van der Waals surface area contributed by atoms with Crippen molar-refractivity contribution in [3.8, 4) is 0 Å². The molecule has 0 spiro atoms. The molecule has 1 aromatic heterocycles. The number of nitrogens with one attached hydrogen (secondary N) is 1. The monoisotopic (exact) mass is 374 g/mol. The fraction of sp³-hybridized carbons (Fsp3) is 0.714. The summed E-state index contributed by atoms with van der Waals surface area (Å²) in [5, 5.41) is 12.4. The van der Waals surface area contributed by atoms with Gasteiger partial charge in [-0.3, -0.25) is 14.7 Å². The Morgan fingerprint density at radius 2 is 1.78 bits per heavy atom. The Morgan fingerprint density at radius 3 is 2.44 bits per heavy atom. The number of piperazine rings is 1. The van der Waals surface area contributed by atoms with Crippen LogP contribution in [0.5, 0.6) is 0 Å². The van der Waals surface area contributed by atoms with E-state index in [1.165, 1.54) is 58.4 Å². The summed E-state index contributed by atoms with van der Waals surface area (Å²) in [7, 11) is 0. The molecule has 27 heavy (non-hydrogen) atoms. The maximum atomic E-state index is 10.9. The molecule has 1 saturated heterocycles. The van der Waals surface area contributed by atoms with Gasteiger partial charge in [-0.15, -0.1) is 0 Å². The molecule has 6 nitrogen and oxygen atoms in total. The largest absolute Gasteiger partial charge is 0.481 e. The SMILES string of the molecule is O=C(O)CC1CCC(N2CCN(CCCCNc3ccncc3)CC2)CC1. The molecule has 6 heteroatoms. The smallest absolute Gasteiger partial charge is 0.303 e. The molecular weight excluding hydrogens is 340 g/mol. The quantitative estimate of drug-likeness (QED) is 0.648. The van der Waals surface area contributed by atoms with Gasteiger partial charge in [-0.25, -0.2) is 0 Å². The molecule has 0 amide bonds. The van der Waals surface area contributed by atoms with Crippen LogP contribution in [0, 0.1) is 5.92 Å². The second-order valence-electron chi connectivity index (χ2n) is 8.02. The van der Waals surface area contributed by atoms with E-state index < -0.39 is 5.97 Å². The zero-order valence-electron chi connectivity index (χ0n) is 16.4. The van der Waals surface area contributed by atoms with Crippen molar-refractivity contribution in [1.82, 2.24) is 14.8 Å². The molecule has 2 aliphatic rings. The molecule has 1 aliphatic carbocycles. The van der Waals surface area contributed by atoms with E-state index in [2.05, 4.69) is 20.1 Å².